The van der Waals surface area contributed by atoms with Crippen molar-refractivity contribution in [3.8, 4) is 0 Å². The maximum Gasteiger partial charge on any atom is 0.227 e. The van der Waals surface area contributed by atoms with E-state index in [1.165, 1.54) is 12.8 Å². The number of hydrogen-bond donors (Lipinski definition) is 0. The quantitative estimate of drug-likeness (QED) is 0.841. The normalized spacial score (nSPS) is 18.0. The molecule has 0 aliphatic carbocycles. The summed E-state index contributed by atoms with van der Waals surface area (Å²) >= 11 is 0. The molecule has 7 heteroatoms. The predicted molar refractivity (Wildman–Crippen MR) is 99.3 cm³/mol. The Balaban J connectivity index is 1.42. The summed E-state index contributed by atoms with van der Waals surface area (Å²) in [4.78, 5) is 25.0. The van der Waals surface area contributed by atoms with E-state index < -0.39 is 0 Å². The van der Waals surface area contributed by atoms with Crippen LogP contribution in [0.1, 0.15) is 25.5 Å². The van der Waals surface area contributed by atoms with E-state index in [1.54, 1.807) is 6.33 Å². The minimum Gasteiger partial charge on any atom is -0.353 e. The number of aryl methyl sites for hydroxylation is 1. The fraction of sp³-hybridized carbons (Fsp3) is 0.556. The lowest BCUT2D eigenvalue weighted by atomic mass is 10.2. The molecule has 2 aliphatic rings. The van der Waals surface area contributed by atoms with Gasteiger partial charge in [0.1, 0.15) is 18.0 Å². The van der Waals surface area contributed by atoms with Crippen LogP contribution in [0.4, 0.5) is 17.6 Å². The van der Waals surface area contributed by atoms with Crippen molar-refractivity contribution in [1.29, 1.82) is 0 Å². The summed E-state index contributed by atoms with van der Waals surface area (Å²) in [6.45, 7) is 8.06. The lowest BCUT2D eigenvalue weighted by Crippen LogP contribution is -2.47. The average Bonchev–Trinajstić information content (AvgIpc) is 3.23. The Morgan fingerprint density at radius 2 is 1.56 bits per heavy atom. The molecule has 25 heavy (non-hydrogen) atoms. The van der Waals surface area contributed by atoms with Crippen LogP contribution >= 0.6 is 0 Å². The fourth-order valence-electron chi connectivity index (χ4n) is 3.50. The van der Waals surface area contributed by atoms with Gasteiger partial charge >= 0.3 is 0 Å². The van der Waals surface area contributed by atoms with Gasteiger partial charge in [-0.25, -0.2) is 15.0 Å². The van der Waals surface area contributed by atoms with Gasteiger partial charge in [0.2, 0.25) is 5.95 Å². The van der Waals surface area contributed by atoms with E-state index >= 15 is 0 Å². The number of piperazine rings is 1. The Labute approximate surface area is 148 Å². The van der Waals surface area contributed by atoms with E-state index in [-0.39, 0.29) is 0 Å². The summed E-state index contributed by atoms with van der Waals surface area (Å²) in [5.74, 6) is 2.95. The van der Waals surface area contributed by atoms with Gasteiger partial charge in [0.05, 0.1) is 0 Å². The molecule has 0 aromatic carbocycles. The van der Waals surface area contributed by atoms with E-state index in [4.69, 9.17) is 4.98 Å². The van der Waals surface area contributed by atoms with Gasteiger partial charge in [-0.3, -0.25) is 0 Å². The number of hydrogen-bond acceptors (Lipinski definition) is 7. The molecule has 4 rings (SSSR count). The molecule has 2 fully saturated rings. The summed E-state index contributed by atoms with van der Waals surface area (Å²) in [5.41, 5.74) is 1.10. The molecule has 7 nitrogen and oxygen atoms in total. The van der Waals surface area contributed by atoms with Gasteiger partial charge < -0.3 is 14.7 Å². The van der Waals surface area contributed by atoms with E-state index in [9.17, 15) is 0 Å². The molecule has 2 saturated heterocycles. The highest BCUT2D eigenvalue weighted by Crippen LogP contribution is 2.21. The third-order valence-electron chi connectivity index (χ3n) is 5.02. The number of anilines is 3. The van der Waals surface area contributed by atoms with Crippen molar-refractivity contribution < 1.29 is 0 Å². The molecule has 0 unspecified atom stereocenters. The van der Waals surface area contributed by atoms with Crippen molar-refractivity contribution in [2.24, 2.45) is 0 Å². The summed E-state index contributed by atoms with van der Waals surface area (Å²) in [5, 5.41) is 0. The minimum atomic E-state index is 0.876. The molecule has 4 heterocycles. The minimum absolute atomic E-state index is 0.876. The third-order valence-corrected chi connectivity index (χ3v) is 5.02. The highest BCUT2D eigenvalue weighted by molar-refractivity contribution is 5.47. The SMILES string of the molecule is CCc1cc(N2CCN(c3ccnc(N4CCCC4)n3)CC2)ncn1. The zero-order chi connectivity index (χ0) is 17.1. The van der Waals surface area contributed by atoms with Crippen LogP contribution in [0, 0.1) is 0 Å². The van der Waals surface area contributed by atoms with Gasteiger partial charge in [0, 0.05) is 57.2 Å². The standard InChI is InChI=1S/C18H25N7/c1-2-15-13-17(21-14-20-15)24-11-9-23(10-12-24)16-5-6-19-18(22-16)25-7-3-4-8-25/h5-6,13-14H,2-4,7-12H2,1H3. The molecule has 0 amide bonds. The van der Waals surface area contributed by atoms with Crippen LogP contribution in [0.2, 0.25) is 0 Å². The van der Waals surface area contributed by atoms with Gasteiger partial charge in [0.15, 0.2) is 0 Å². The fourth-order valence-corrected chi connectivity index (χ4v) is 3.50. The molecule has 0 radical (unpaired) electrons. The summed E-state index contributed by atoms with van der Waals surface area (Å²) in [6, 6.07) is 4.13. The van der Waals surface area contributed by atoms with Crippen LogP contribution in [0.15, 0.2) is 24.7 Å². The molecule has 2 aromatic heterocycles. The molecule has 0 saturated carbocycles. The number of rotatable bonds is 4. The Kier molecular flexibility index (Phi) is 4.63. The van der Waals surface area contributed by atoms with Crippen LogP contribution in [0.3, 0.4) is 0 Å². The monoisotopic (exact) mass is 339 g/mol. The van der Waals surface area contributed by atoms with E-state index in [0.29, 0.717) is 0 Å². The number of aromatic nitrogens is 4. The highest BCUT2D eigenvalue weighted by atomic mass is 15.3. The second-order valence-corrected chi connectivity index (χ2v) is 6.60. The Morgan fingerprint density at radius 3 is 2.28 bits per heavy atom. The molecule has 0 spiro atoms. The Bertz CT molecular complexity index is 706. The van der Waals surface area contributed by atoms with Gasteiger partial charge in [-0.2, -0.15) is 4.98 Å². The van der Waals surface area contributed by atoms with Crippen molar-refractivity contribution >= 4 is 17.6 Å². The average molecular weight is 339 g/mol. The van der Waals surface area contributed by atoms with Crippen molar-refractivity contribution in [3.63, 3.8) is 0 Å². The maximum absolute atomic E-state index is 4.80. The summed E-state index contributed by atoms with van der Waals surface area (Å²) < 4.78 is 0. The first kappa shape index (κ1) is 16.1. The van der Waals surface area contributed by atoms with Crippen molar-refractivity contribution in [3.05, 3.63) is 30.4 Å². The van der Waals surface area contributed by atoms with Crippen LogP contribution < -0.4 is 14.7 Å². The zero-order valence-corrected chi connectivity index (χ0v) is 14.8. The second-order valence-electron chi connectivity index (χ2n) is 6.60. The van der Waals surface area contributed by atoms with E-state index in [1.807, 2.05) is 12.3 Å². The Hall–Kier alpha value is -2.44. The lowest BCUT2D eigenvalue weighted by molar-refractivity contribution is 0.639. The first-order chi connectivity index (χ1) is 12.3. The molecule has 2 aliphatic heterocycles. The highest BCUT2D eigenvalue weighted by Gasteiger charge is 2.21. The van der Waals surface area contributed by atoms with Crippen LogP contribution in [-0.2, 0) is 6.42 Å². The summed E-state index contributed by atoms with van der Waals surface area (Å²) in [7, 11) is 0. The van der Waals surface area contributed by atoms with Crippen molar-refractivity contribution in [2.75, 3.05) is 54.0 Å². The molecule has 0 bridgehead atoms. The molecular weight excluding hydrogens is 314 g/mol. The Morgan fingerprint density at radius 1 is 0.840 bits per heavy atom. The first-order valence-corrected chi connectivity index (χ1v) is 9.22. The van der Waals surface area contributed by atoms with Crippen LogP contribution in [0.25, 0.3) is 0 Å². The van der Waals surface area contributed by atoms with Crippen molar-refractivity contribution in [1.82, 2.24) is 19.9 Å². The molecular formula is C18H25N7. The molecule has 0 atom stereocenters. The largest absolute Gasteiger partial charge is 0.353 e. The lowest BCUT2D eigenvalue weighted by Gasteiger charge is -2.36. The topological polar surface area (TPSA) is 61.3 Å². The van der Waals surface area contributed by atoms with Crippen LogP contribution in [-0.4, -0.2) is 59.2 Å². The van der Waals surface area contributed by atoms with Gasteiger partial charge in [-0.05, 0) is 25.3 Å². The predicted octanol–water partition coefficient (Wildman–Crippen LogP) is 1.76. The molecule has 2 aromatic rings. The van der Waals surface area contributed by atoms with Gasteiger partial charge in [-0.1, -0.05) is 6.92 Å². The summed E-state index contributed by atoms with van der Waals surface area (Å²) in [6.07, 6.45) is 6.99. The van der Waals surface area contributed by atoms with Gasteiger partial charge in [0.25, 0.3) is 0 Å². The zero-order valence-electron chi connectivity index (χ0n) is 14.8. The smallest absolute Gasteiger partial charge is 0.227 e. The third kappa shape index (κ3) is 3.50. The molecule has 132 valence electrons. The van der Waals surface area contributed by atoms with Gasteiger partial charge in [-0.15, -0.1) is 0 Å². The molecule has 0 N–H and O–H groups in total. The van der Waals surface area contributed by atoms with E-state index in [2.05, 4.69) is 42.6 Å². The second kappa shape index (κ2) is 7.21. The first-order valence-electron chi connectivity index (χ1n) is 9.22. The van der Waals surface area contributed by atoms with Crippen molar-refractivity contribution in [2.45, 2.75) is 26.2 Å². The maximum atomic E-state index is 4.80. The van der Waals surface area contributed by atoms with E-state index in [0.717, 1.165) is 69.0 Å². The number of nitrogens with zero attached hydrogens (tertiary/aromatic N) is 7. The van der Waals surface area contributed by atoms with Crippen LogP contribution in [0.5, 0.6) is 0 Å².